The molecule has 1 saturated carbocycles. The molecule has 0 radical (unpaired) electrons. The van der Waals surface area contributed by atoms with Crippen molar-refractivity contribution in [3.8, 4) is 5.75 Å². The highest BCUT2D eigenvalue weighted by atomic mass is 35.5. The zero-order chi connectivity index (χ0) is 20.2. The van der Waals surface area contributed by atoms with Crippen LogP contribution in [-0.2, 0) is 9.59 Å². The summed E-state index contributed by atoms with van der Waals surface area (Å²) in [6.45, 7) is 4.95. The number of rotatable bonds is 5. The average molecular weight is 418 g/mol. The Bertz CT molecular complexity index is 796. The van der Waals surface area contributed by atoms with Crippen LogP contribution in [0.25, 0.3) is 6.08 Å². The Morgan fingerprint density at radius 2 is 1.90 bits per heavy atom. The summed E-state index contributed by atoms with van der Waals surface area (Å²) in [5.41, 5.74) is 1.43. The Labute approximate surface area is 176 Å². The molecule has 0 atom stereocenters. The third-order valence-corrected chi connectivity index (χ3v) is 6.31. The minimum absolute atomic E-state index is 0.106. The molecule has 1 saturated heterocycles. The minimum Gasteiger partial charge on any atom is -0.488 e. The first kappa shape index (κ1) is 20.2. The standard InChI is InChI=1S/C22H28ClN3O3/c23-19-5-6-20-17(14-19)13-18(15-29-20)21(27)24-7-8-25-9-11-26(12-10-25)22(28)16-3-1-2-4-16/h5-6,13-14,16H,1-4,7-12,15H2,(H,24,27). The van der Waals surface area contributed by atoms with Crippen molar-refractivity contribution in [1.82, 2.24) is 15.1 Å². The quantitative estimate of drug-likeness (QED) is 0.799. The van der Waals surface area contributed by atoms with Crippen LogP contribution in [0.3, 0.4) is 0 Å². The second-order valence-corrected chi connectivity index (χ2v) is 8.48. The molecule has 156 valence electrons. The number of carbonyl (C=O) groups excluding carboxylic acids is 2. The van der Waals surface area contributed by atoms with E-state index in [4.69, 9.17) is 16.3 Å². The molecule has 0 aromatic heterocycles. The SMILES string of the molecule is O=C(NCCN1CCN(C(=O)C2CCCC2)CC1)C1=Cc2cc(Cl)ccc2OC1. The van der Waals surface area contributed by atoms with Crippen molar-refractivity contribution < 1.29 is 14.3 Å². The van der Waals surface area contributed by atoms with Gasteiger partial charge in [-0.05, 0) is 37.1 Å². The summed E-state index contributed by atoms with van der Waals surface area (Å²) in [5.74, 6) is 1.24. The highest BCUT2D eigenvalue weighted by molar-refractivity contribution is 6.30. The number of hydrogen-bond acceptors (Lipinski definition) is 4. The summed E-state index contributed by atoms with van der Waals surface area (Å²) < 4.78 is 5.65. The van der Waals surface area contributed by atoms with E-state index in [1.54, 1.807) is 12.1 Å². The van der Waals surface area contributed by atoms with Crippen LogP contribution in [0.1, 0.15) is 31.2 Å². The Hall–Kier alpha value is -2.05. The zero-order valence-electron chi connectivity index (χ0n) is 16.7. The fourth-order valence-corrected chi connectivity index (χ4v) is 4.52. The number of ether oxygens (including phenoxy) is 1. The maximum atomic E-state index is 12.5. The van der Waals surface area contributed by atoms with Crippen molar-refractivity contribution in [2.24, 2.45) is 5.92 Å². The van der Waals surface area contributed by atoms with E-state index in [-0.39, 0.29) is 18.4 Å². The van der Waals surface area contributed by atoms with Crippen LogP contribution in [0.5, 0.6) is 5.75 Å². The molecular formula is C22H28ClN3O3. The predicted molar refractivity (Wildman–Crippen MR) is 113 cm³/mol. The van der Waals surface area contributed by atoms with E-state index in [0.717, 1.165) is 56.9 Å². The fourth-order valence-electron chi connectivity index (χ4n) is 4.34. The van der Waals surface area contributed by atoms with Crippen LogP contribution in [0.4, 0.5) is 0 Å². The van der Waals surface area contributed by atoms with Gasteiger partial charge < -0.3 is 15.0 Å². The van der Waals surface area contributed by atoms with Crippen molar-refractivity contribution in [1.29, 1.82) is 0 Å². The van der Waals surface area contributed by atoms with E-state index in [9.17, 15) is 9.59 Å². The van der Waals surface area contributed by atoms with Gasteiger partial charge in [0, 0.05) is 55.8 Å². The molecule has 2 aliphatic heterocycles. The maximum Gasteiger partial charge on any atom is 0.250 e. The molecule has 4 rings (SSSR count). The van der Waals surface area contributed by atoms with Gasteiger partial charge in [0.25, 0.3) is 5.91 Å². The monoisotopic (exact) mass is 417 g/mol. The van der Waals surface area contributed by atoms with Crippen molar-refractivity contribution >= 4 is 29.5 Å². The second-order valence-electron chi connectivity index (χ2n) is 8.04. The molecule has 2 fully saturated rings. The lowest BCUT2D eigenvalue weighted by Gasteiger charge is -2.36. The summed E-state index contributed by atoms with van der Waals surface area (Å²) >= 11 is 6.02. The van der Waals surface area contributed by atoms with E-state index in [1.165, 1.54) is 12.8 Å². The van der Waals surface area contributed by atoms with E-state index >= 15 is 0 Å². The summed E-state index contributed by atoms with van der Waals surface area (Å²) in [6.07, 6.45) is 6.34. The Morgan fingerprint density at radius 3 is 2.66 bits per heavy atom. The minimum atomic E-state index is -0.106. The topological polar surface area (TPSA) is 61.9 Å². The lowest BCUT2D eigenvalue weighted by Crippen LogP contribution is -2.51. The molecule has 29 heavy (non-hydrogen) atoms. The molecule has 1 aromatic carbocycles. The number of piperazine rings is 1. The number of fused-ring (bicyclic) bond motifs is 1. The van der Waals surface area contributed by atoms with Crippen molar-refractivity contribution in [3.05, 3.63) is 34.4 Å². The molecule has 1 N–H and O–H groups in total. The number of halogens is 1. The molecule has 0 bridgehead atoms. The Morgan fingerprint density at radius 1 is 1.14 bits per heavy atom. The molecular weight excluding hydrogens is 390 g/mol. The van der Waals surface area contributed by atoms with Gasteiger partial charge in [0.2, 0.25) is 5.91 Å². The maximum absolute atomic E-state index is 12.5. The van der Waals surface area contributed by atoms with Gasteiger partial charge >= 0.3 is 0 Å². The second kappa shape index (κ2) is 9.18. The normalized spacial score (nSPS) is 20.0. The fraction of sp³-hybridized carbons (Fsp3) is 0.545. The van der Waals surface area contributed by atoms with Crippen LogP contribution in [-0.4, -0.2) is 67.5 Å². The van der Waals surface area contributed by atoms with Gasteiger partial charge in [0.15, 0.2) is 0 Å². The van der Waals surface area contributed by atoms with Crippen LogP contribution < -0.4 is 10.1 Å². The van der Waals surface area contributed by atoms with E-state index in [2.05, 4.69) is 10.2 Å². The summed E-state index contributed by atoms with van der Waals surface area (Å²) in [6, 6.07) is 5.40. The van der Waals surface area contributed by atoms with Crippen molar-refractivity contribution in [3.63, 3.8) is 0 Å². The molecule has 7 heteroatoms. The molecule has 3 aliphatic rings. The largest absolute Gasteiger partial charge is 0.488 e. The average Bonchev–Trinajstić information content (AvgIpc) is 3.28. The molecule has 1 aromatic rings. The van der Waals surface area contributed by atoms with Gasteiger partial charge in [-0.25, -0.2) is 0 Å². The van der Waals surface area contributed by atoms with E-state index in [0.29, 0.717) is 23.0 Å². The van der Waals surface area contributed by atoms with Crippen LogP contribution in [0, 0.1) is 5.92 Å². The molecule has 2 amide bonds. The Kier molecular flexibility index (Phi) is 6.40. The zero-order valence-corrected chi connectivity index (χ0v) is 17.4. The lowest BCUT2D eigenvalue weighted by molar-refractivity contribution is -0.137. The summed E-state index contributed by atoms with van der Waals surface area (Å²) in [4.78, 5) is 29.3. The van der Waals surface area contributed by atoms with Crippen LogP contribution in [0.2, 0.25) is 5.02 Å². The van der Waals surface area contributed by atoms with Crippen LogP contribution >= 0.6 is 11.6 Å². The van der Waals surface area contributed by atoms with Gasteiger partial charge in [0.1, 0.15) is 12.4 Å². The smallest absolute Gasteiger partial charge is 0.250 e. The van der Waals surface area contributed by atoms with Gasteiger partial charge in [0.05, 0.1) is 5.57 Å². The molecule has 0 spiro atoms. The van der Waals surface area contributed by atoms with Crippen molar-refractivity contribution in [2.45, 2.75) is 25.7 Å². The number of amides is 2. The van der Waals surface area contributed by atoms with Gasteiger partial charge in [-0.2, -0.15) is 0 Å². The number of nitrogens with one attached hydrogen (secondary N) is 1. The first-order valence-electron chi connectivity index (χ1n) is 10.5. The number of hydrogen-bond donors (Lipinski definition) is 1. The third kappa shape index (κ3) is 4.93. The highest BCUT2D eigenvalue weighted by Gasteiger charge is 2.29. The van der Waals surface area contributed by atoms with E-state index in [1.807, 2.05) is 17.0 Å². The van der Waals surface area contributed by atoms with Crippen LogP contribution in [0.15, 0.2) is 23.8 Å². The third-order valence-electron chi connectivity index (χ3n) is 6.08. The van der Waals surface area contributed by atoms with Gasteiger partial charge in [-0.3, -0.25) is 14.5 Å². The molecule has 6 nitrogen and oxygen atoms in total. The first-order chi connectivity index (χ1) is 14.1. The summed E-state index contributed by atoms with van der Waals surface area (Å²) in [7, 11) is 0. The molecule has 0 unspecified atom stereocenters. The molecule has 2 heterocycles. The number of carbonyl (C=O) groups is 2. The van der Waals surface area contributed by atoms with Crippen molar-refractivity contribution in [2.75, 3.05) is 45.9 Å². The number of benzene rings is 1. The number of nitrogens with zero attached hydrogens (tertiary/aromatic N) is 2. The summed E-state index contributed by atoms with van der Waals surface area (Å²) in [5, 5.41) is 3.60. The predicted octanol–water partition coefficient (Wildman–Crippen LogP) is 2.57. The lowest BCUT2D eigenvalue weighted by atomic mass is 10.1. The van der Waals surface area contributed by atoms with E-state index < -0.39 is 0 Å². The molecule has 1 aliphatic carbocycles. The van der Waals surface area contributed by atoms with Gasteiger partial charge in [-0.15, -0.1) is 0 Å². The highest BCUT2D eigenvalue weighted by Crippen LogP contribution is 2.29. The van der Waals surface area contributed by atoms with Gasteiger partial charge in [-0.1, -0.05) is 24.4 Å². The first-order valence-corrected chi connectivity index (χ1v) is 10.9. The Balaban J connectivity index is 1.20.